The number of hydrogen-bond acceptors (Lipinski definition) is 4. The van der Waals surface area contributed by atoms with Gasteiger partial charge in [0.25, 0.3) is 0 Å². The number of aliphatic imine (C=N–C) groups is 1. The van der Waals surface area contributed by atoms with Crippen LogP contribution in [0.3, 0.4) is 0 Å². The molecule has 3 N–H and O–H groups in total. The van der Waals surface area contributed by atoms with Crippen molar-refractivity contribution in [3.8, 4) is 5.75 Å². The van der Waals surface area contributed by atoms with Crippen molar-refractivity contribution in [2.75, 3.05) is 32.1 Å². The van der Waals surface area contributed by atoms with E-state index < -0.39 is 0 Å². The number of guanidine groups is 1. The first-order chi connectivity index (χ1) is 14.4. The molecular weight excluding hydrogens is 376 g/mol. The Labute approximate surface area is 181 Å². The fourth-order valence-electron chi connectivity index (χ4n) is 2.80. The fraction of sp³-hybridized carbons (Fsp3) is 0.458. The number of rotatable bonds is 10. The molecule has 0 fully saturated rings. The van der Waals surface area contributed by atoms with Gasteiger partial charge in [-0.1, -0.05) is 30.3 Å². The Kier molecular flexibility index (Phi) is 9.48. The molecule has 2 aromatic rings. The lowest BCUT2D eigenvalue weighted by atomic mass is 10.1. The summed E-state index contributed by atoms with van der Waals surface area (Å²) in [6.07, 6.45) is 0. The van der Waals surface area contributed by atoms with Gasteiger partial charge in [0.1, 0.15) is 11.4 Å². The zero-order valence-electron chi connectivity index (χ0n) is 18.9. The predicted octanol–water partition coefficient (Wildman–Crippen LogP) is 4.18. The van der Waals surface area contributed by atoms with Gasteiger partial charge in [-0.3, -0.25) is 0 Å². The molecule has 0 aromatic heterocycles. The average molecular weight is 413 g/mol. The van der Waals surface area contributed by atoms with Crippen LogP contribution in [0.2, 0.25) is 0 Å². The van der Waals surface area contributed by atoms with E-state index >= 15 is 0 Å². The Morgan fingerprint density at radius 2 is 1.73 bits per heavy atom. The van der Waals surface area contributed by atoms with Gasteiger partial charge in [0.05, 0.1) is 13.2 Å². The Hall–Kier alpha value is -2.73. The minimum absolute atomic E-state index is 0.237. The van der Waals surface area contributed by atoms with E-state index in [0.717, 1.165) is 41.6 Å². The van der Waals surface area contributed by atoms with Gasteiger partial charge in [0.15, 0.2) is 5.96 Å². The zero-order valence-corrected chi connectivity index (χ0v) is 18.9. The molecule has 164 valence electrons. The van der Waals surface area contributed by atoms with Crippen molar-refractivity contribution in [1.82, 2.24) is 10.6 Å². The molecule has 0 unspecified atom stereocenters. The van der Waals surface area contributed by atoms with E-state index in [-0.39, 0.29) is 5.60 Å². The lowest BCUT2D eigenvalue weighted by molar-refractivity contribution is 0.129. The molecule has 30 heavy (non-hydrogen) atoms. The highest BCUT2D eigenvalue weighted by Gasteiger charge is 2.14. The van der Waals surface area contributed by atoms with Crippen LogP contribution in [0.4, 0.5) is 5.69 Å². The Morgan fingerprint density at radius 3 is 2.40 bits per heavy atom. The minimum atomic E-state index is -0.237. The smallest absolute Gasteiger partial charge is 0.191 e. The monoisotopic (exact) mass is 412 g/mol. The third-order valence-corrected chi connectivity index (χ3v) is 4.19. The number of methoxy groups -OCH3 is 1. The van der Waals surface area contributed by atoms with Gasteiger partial charge in [0.2, 0.25) is 0 Å². The van der Waals surface area contributed by atoms with Crippen LogP contribution < -0.4 is 20.7 Å². The van der Waals surface area contributed by atoms with E-state index in [1.54, 1.807) is 7.11 Å². The third-order valence-electron chi connectivity index (χ3n) is 4.19. The van der Waals surface area contributed by atoms with Gasteiger partial charge in [-0.15, -0.1) is 0 Å². The van der Waals surface area contributed by atoms with Crippen LogP contribution in [-0.2, 0) is 17.8 Å². The largest absolute Gasteiger partial charge is 0.488 e. The van der Waals surface area contributed by atoms with E-state index in [2.05, 4.69) is 74.0 Å². The van der Waals surface area contributed by atoms with E-state index in [4.69, 9.17) is 14.5 Å². The molecule has 0 aliphatic heterocycles. The summed E-state index contributed by atoms with van der Waals surface area (Å²) in [4.78, 5) is 4.72. The number of benzene rings is 2. The lowest BCUT2D eigenvalue weighted by Crippen LogP contribution is -2.37. The number of ether oxygens (including phenoxy) is 2. The number of anilines is 1. The number of para-hydroxylation sites is 1. The quantitative estimate of drug-likeness (QED) is 0.310. The second kappa shape index (κ2) is 12.1. The van der Waals surface area contributed by atoms with E-state index in [1.807, 2.05) is 18.2 Å². The predicted molar refractivity (Wildman–Crippen MR) is 125 cm³/mol. The Bertz CT molecular complexity index is 783. The summed E-state index contributed by atoms with van der Waals surface area (Å²) in [6, 6.07) is 16.4. The number of nitrogens with one attached hydrogen (secondary N) is 3. The number of nitrogens with zero attached hydrogens (tertiary/aromatic N) is 1. The van der Waals surface area contributed by atoms with Crippen molar-refractivity contribution in [3.63, 3.8) is 0 Å². The average Bonchev–Trinajstić information content (AvgIpc) is 2.71. The van der Waals surface area contributed by atoms with Gasteiger partial charge in [-0.25, -0.2) is 4.99 Å². The second-order valence-electron chi connectivity index (χ2n) is 7.99. The highest BCUT2D eigenvalue weighted by atomic mass is 16.5. The van der Waals surface area contributed by atoms with E-state index in [1.165, 1.54) is 0 Å². The highest BCUT2D eigenvalue weighted by molar-refractivity contribution is 5.79. The van der Waals surface area contributed by atoms with Crippen molar-refractivity contribution in [1.29, 1.82) is 0 Å². The summed E-state index contributed by atoms with van der Waals surface area (Å²) < 4.78 is 11.1. The van der Waals surface area contributed by atoms with E-state index in [9.17, 15) is 0 Å². The molecule has 6 heteroatoms. The molecule has 0 saturated carbocycles. The van der Waals surface area contributed by atoms with Crippen LogP contribution >= 0.6 is 0 Å². The maximum Gasteiger partial charge on any atom is 0.191 e. The lowest BCUT2D eigenvalue weighted by Gasteiger charge is -2.23. The van der Waals surface area contributed by atoms with E-state index in [0.29, 0.717) is 19.7 Å². The molecule has 0 saturated heterocycles. The maximum atomic E-state index is 6.09. The van der Waals surface area contributed by atoms with Gasteiger partial charge >= 0.3 is 0 Å². The molecule has 0 atom stereocenters. The fourth-order valence-corrected chi connectivity index (χ4v) is 2.80. The zero-order chi connectivity index (χ0) is 21.8. The number of hydrogen-bond donors (Lipinski definition) is 3. The SMILES string of the molecule is CCNC(=NCc1ccc(NCCOC)cc1)NCc1ccccc1OC(C)(C)C. The molecule has 2 aromatic carbocycles. The molecular formula is C24H36N4O2. The first-order valence-corrected chi connectivity index (χ1v) is 10.5. The van der Waals surface area contributed by atoms with Crippen molar-refractivity contribution in [2.45, 2.75) is 46.4 Å². The van der Waals surface area contributed by atoms with Crippen LogP contribution in [0.15, 0.2) is 53.5 Å². The van der Waals surface area contributed by atoms with Gasteiger partial charge < -0.3 is 25.4 Å². The Balaban J connectivity index is 1.97. The van der Waals surface area contributed by atoms with Crippen molar-refractivity contribution in [3.05, 3.63) is 59.7 Å². The summed E-state index contributed by atoms with van der Waals surface area (Å²) in [7, 11) is 1.70. The normalized spacial score (nSPS) is 11.8. The van der Waals surface area contributed by atoms with Crippen molar-refractivity contribution in [2.24, 2.45) is 4.99 Å². The van der Waals surface area contributed by atoms with Crippen LogP contribution in [0.1, 0.15) is 38.8 Å². The third kappa shape index (κ3) is 8.74. The van der Waals surface area contributed by atoms with Crippen LogP contribution in [0.25, 0.3) is 0 Å². The molecule has 0 spiro atoms. The molecule has 0 radical (unpaired) electrons. The topological polar surface area (TPSA) is 66.9 Å². The Morgan fingerprint density at radius 1 is 1.00 bits per heavy atom. The van der Waals surface area contributed by atoms with Gasteiger partial charge in [-0.05, 0) is 51.5 Å². The summed E-state index contributed by atoms with van der Waals surface area (Å²) in [6.45, 7) is 11.8. The first kappa shape index (κ1) is 23.5. The van der Waals surface area contributed by atoms with Crippen molar-refractivity contribution >= 4 is 11.6 Å². The first-order valence-electron chi connectivity index (χ1n) is 10.5. The second-order valence-corrected chi connectivity index (χ2v) is 7.99. The maximum absolute atomic E-state index is 6.09. The minimum Gasteiger partial charge on any atom is -0.488 e. The van der Waals surface area contributed by atoms with Gasteiger partial charge in [-0.2, -0.15) is 0 Å². The molecule has 0 aliphatic rings. The summed E-state index contributed by atoms with van der Waals surface area (Å²) in [5.74, 6) is 1.68. The summed E-state index contributed by atoms with van der Waals surface area (Å²) in [5.41, 5.74) is 3.10. The molecule has 0 heterocycles. The van der Waals surface area contributed by atoms with Crippen LogP contribution in [-0.4, -0.2) is 38.4 Å². The molecule has 0 amide bonds. The molecule has 2 rings (SSSR count). The van der Waals surface area contributed by atoms with Crippen molar-refractivity contribution < 1.29 is 9.47 Å². The van der Waals surface area contributed by atoms with Gasteiger partial charge in [0, 0.05) is 38.0 Å². The summed E-state index contributed by atoms with van der Waals surface area (Å²) in [5, 5.41) is 10.0. The summed E-state index contributed by atoms with van der Waals surface area (Å²) >= 11 is 0. The molecule has 0 bridgehead atoms. The standard InChI is InChI=1S/C24H36N4O2/c1-6-25-23(27-17-19-11-13-21(14-12-19)26-15-16-29-5)28-18-20-9-7-8-10-22(20)30-24(2,3)4/h7-14,26H,6,15-18H2,1-5H3,(H2,25,27,28). The van der Waals surface area contributed by atoms with Crippen LogP contribution in [0, 0.1) is 0 Å². The molecule has 0 aliphatic carbocycles. The highest BCUT2D eigenvalue weighted by Crippen LogP contribution is 2.22. The van der Waals surface area contributed by atoms with Crippen LogP contribution in [0.5, 0.6) is 5.75 Å². The molecule has 6 nitrogen and oxygen atoms in total.